The molecule has 0 aliphatic carbocycles. The van der Waals surface area contributed by atoms with Gasteiger partial charge in [-0.05, 0) is 0 Å². The number of rotatable bonds is 4. The van der Waals surface area contributed by atoms with Crippen LogP contribution in [0.25, 0.3) is 0 Å². The molecule has 0 aromatic carbocycles. The predicted molar refractivity (Wildman–Crippen MR) is 138 cm³/mol. The van der Waals surface area contributed by atoms with Gasteiger partial charge in [-0.15, -0.1) is 0 Å². The number of hydrogen-bond donors (Lipinski definition) is 0. The minimum atomic E-state index is -2.66. The van der Waals surface area contributed by atoms with Crippen LogP contribution in [0.4, 0.5) is 0 Å². The molecule has 0 bridgehead atoms. The van der Waals surface area contributed by atoms with Crippen LogP contribution in [-0.2, 0) is 0 Å². The molecule has 4 heteroatoms. The summed E-state index contributed by atoms with van der Waals surface area (Å²) in [7, 11) is -3.83. The Labute approximate surface area is 183 Å². The molecule has 0 aromatic rings. The summed E-state index contributed by atoms with van der Waals surface area (Å²) >= 11 is -5.33. The zero-order chi connectivity index (χ0) is 22.0. The van der Waals surface area contributed by atoms with E-state index in [9.17, 15) is 0 Å². The van der Waals surface area contributed by atoms with Crippen molar-refractivity contribution in [3.8, 4) is 41.2 Å². The molecule has 0 spiro atoms. The molecule has 0 aromatic heterocycles. The first-order valence-electron chi connectivity index (χ1n) is 10.8. The molecule has 1 aliphatic rings. The third-order valence-corrected chi connectivity index (χ3v) is 30.9. The summed E-state index contributed by atoms with van der Waals surface area (Å²) in [6, 6.07) is 0. The van der Waals surface area contributed by atoms with Crippen molar-refractivity contribution >= 4 is 42.7 Å². The van der Waals surface area contributed by atoms with Crippen LogP contribution < -0.4 is 0 Å². The van der Waals surface area contributed by atoms with Crippen LogP contribution in [0.3, 0.4) is 0 Å². The maximum atomic E-state index is 3.88. The predicted octanol–water partition coefficient (Wildman–Crippen LogP) is 6.28. The zero-order valence-corrected chi connectivity index (χ0v) is 26.5. The fraction of sp³-hybridized carbons (Fsp3) is 0.667. The van der Waals surface area contributed by atoms with Gasteiger partial charge in [0.2, 0.25) is 0 Å². The first kappa shape index (κ1) is 25.8. The van der Waals surface area contributed by atoms with Gasteiger partial charge in [0.15, 0.2) is 0 Å². The Balaban J connectivity index is 3.90. The molecule has 0 radical (unpaired) electrons. The number of hydrogen-bond acceptors (Lipinski definition) is 0. The molecule has 1 aliphatic heterocycles. The van der Waals surface area contributed by atoms with Gasteiger partial charge >= 0.3 is 184 Å². The summed E-state index contributed by atoms with van der Waals surface area (Å²) in [5.74, 6) is 0. The van der Waals surface area contributed by atoms with Crippen LogP contribution in [-0.4, -0.2) is 42.7 Å². The molecule has 0 N–H and O–H groups in total. The molecular formula is C24H40Ge2Si2. The van der Waals surface area contributed by atoms with Crippen LogP contribution in [0, 0.1) is 41.2 Å². The minimum absolute atomic E-state index is 0.571. The Morgan fingerprint density at radius 3 is 0.750 bits per heavy atom. The second-order valence-corrected chi connectivity index (χ2v) is 37.2. The van der Waals surface area contributed by atoms with Crippen molar-refractivity contribution in [3.05, 3.63) is 0 Å². The van der Waals surface area contributed by atoms with E-state index in [1.165, 1.54) is 0 Å². The molecule has 1 rings (SSSR count). The van der Waals surface area contributed by atoms with Crippen LogP contribution >= 0.6 is 0 Å². The van der Waals surface area contributed by atoms with Crippen LogP contribution in [0.2, 0.25) is 45.2 Å². The van der Waals surface area contributed by atoms with Gasteiger partial charge in [-0.2, -0.15) is 0 Å². The van der Waals surface area contributed by atoms with Crippen molar-refractivity contribution in [1.29, 1.82) is 0 Å². The van der Waals surface area contributed by atoms with Gasteiger partial charge in [-0.3, -0.25) is 0 Å². The molecule has 0 unspecified atom stereocenters. The van der Waals surface area contributed by atoms with Gasteiger partial charge in [0.25, 0.3) is 0 Å². The molecule has 0 amide bonds. The van der Waals surface area contributed by atoms with E-state index in [4.69, 9.17) is 0 Å². The summed E-state index contributed by atoms with van der Waals surface area (Å²) in [5, 5.41) is 0. The van der Waals surface area contributed by atoms with E-state index in [2.05, 4.69) is 123 Å². The Bertz CT molecular complexity index is 692. The molecular weight excluding hydrogens is 490 g/mol. The van der Waals surface area contributed by atoms with E-state index >= 15 is 0 Å². The SMILES string of the molecule is C[CH](C)[Ge]1([CH](C)C)[C]#C[Si](C)(C)C#[C][Ge]([CH](C)C)([CH](C)C)[C]#C[Si](C)(C)C#[C]1. The van der Waals surface area contributed by atoms with Crippen molar-refractivity contribution < 1.29 is 0 Å². The van der Waals surface area contributed by atoms with E-state index in [-0.39, 0.29) is 0 Å². The average molecular weight is 530 g/mol. The van der Waals surface area contributed by atoms with Crippen LogP contribution in [0.1, 0.15) is 55.4 Å². The van der Waals surface area contributed by atoms with E-state index in [0.717, 1.165) is 0 Å². The van der Waals surface area contributed by atoms with Gasteiger partial charge < -0.3 is 0 Å². The maximum absolute atomic E-state index is 3.88. The Morgan fingerprint density at radius 1 is 0.429 bits per heavy atom. The molecule has 0 fully saturated rings. The molecule has 1 heterocycles. The third-order valence-electron chi connectivity index (χ3n) is 5.97. The normalized spacial score (nSPS) is 21.1. The van der Waals surface area contributed by atoms with Crippen molar-refractivity contribution in [2.24, 2.45) is 0 Å². The van der Waals surface area contributed by atoms with Gasteiger partial charge in [-0.25, -0.2) is 0 Å². The summed E-state index contributed by atoms with van der Waals surface area (Å²) in [6.07, 6.45) is 0. The van der Waals surface area contributed by atoms with E-state index in [1.54, 1.807) is 0 Å². The fourth-order valence-corrected chi connectivity index (χ4v) is 29.6. The van der Waals surface area contributed by atoms with E-state index in [0.29, 0.717) is 19.0 Å². The summed E-state index contributed by atoms with van der Waals surface area (Å²) in [5.41, 5.74) is 15.1. The summed E-state index contributed by atoms with van der Waals surface area (Å²) < 4.78 is 17.8. The van der Waals surface area contributed by atoms with Crippen molar-refractivity contribution in [2.45, 2.75) is 101 Å². The second kappa shape index (κ2) is 9.27. The van der Waals surface area contributed by atoms with E-state index in [1.807, 2.05) is 0 Å². The molecule has 0 saturated carbocycles. The molecule has 0 atom stereocenters. The Kier molecular flexibility index (Phi) is 8.54. The summed E-state index contributed by atoms with van der Waals surface area (Å²) in [6.45, 7) is 28.0. The molecule has 0 saturated heterocycles. The monoisotopic (exact) mass is 532 g/mol. The van der Waals surface area contributed by atoms with Gasteiger partial charge in [0.05, 0.1) is 0 Å². The van der Waals surface area contributed by atoms with Gasteiger partial charge in [0.1, 0.15) is 0 Å². The topological polar surface area (TPSA) is 0 Å². The van der Waals surface area contributed by atoms with Crippen LogP contribution in [0.15, 0.2) is 0 Å². The second-order valence-electron chi connectivity index (χ2n) is 10.6. The van der Waals surface area contributed by atoms with Crippen molar-refractivity contribution in [1.82, 2.24) is 0 Å². The van der Waals surface area contributed by atoms with E-state index < -0.39 is 42.7 Å². The van der Waals surface area contributed by atoms with Crippen molar-refractivity contribution in [3.63, 3.8) is 0 Å². The quantitative estimate of drug-likeness (QED) is 0.297. The van der Waals surface area contributed by atoms with Crippen LogP contribution in [0.5, 0.6) is 0 Å². The molecule has 28 heavy (non-hydrogen) atoms. The van der Waals surface area contributed by atoms with Crippen molar-refractivity contribution in [2.75, 3.05) is 0 Å². The third kappa shape index (κ3) is 5.89. The first-order valence-corrected chi connectivity index (χ1v) is 25.8. The Morgan fingerprint density at radius 2 is 0.607 bits per heavy atom. The average Bonchev–Trinajstić information content (AvgIpc) is 2.53. The summed E-state index contributed by atoms with van der Waals surface area (Å²) in [4.78, 5) is 0. The zero-order valence-electron chi connectivity index (χ0n) is 20.3. The standard InChI is InChI=1S/C24H40Ge2Si2/c1-21(2)25(22(3)4)13-17-27(9,10)19-15-26(23(5)6,24(7)8)16-20-28(11,12)18-14-25/h21-24H,1-12H3. The van der Waals surface area contributed by atoms with Gasteiger partial charge in [-0.1, -0.05) is 0 Å². The Hall–Kier alpha value is -0.241. The molecule has 152 valence electrons. The fourth-order valence-electron chi connectivity index (χ4n) is 3.65. The molecule has 0 nitrogen and oxygen atoms in total. The van der Waals surface area contributed by atoms with Gasteiger partial charge in [0, 0.05) is 0 Å². The first-order chi connectivity index (χ1) is 12.6.